The zero-order valence-electron chi connectivity index (χ0n) is 7.73. The second-order valence-electron chi connectivity index (χ2n) is 3.94. The summed E-state index contributed by atoms with van der Waals surface area (Å²) in [7, 11) is 2.16. The largest absolute Gasteiger partial charge is 0.488 e. The van der Waals surface area contributed by atoms with E-state index in [4.69, 9.17) is 4.74 Å². The Morgan fingerprint density at radius 2 is 2.08 bits per heavy atom. The van der Waals surface area contributed by atoms with Crippen molar-refractivity contribution in [1.29, 1.82) is 0 Å². The fourth-order valence-electron chi connectivity index (χ4n) is 2.17. The molecule has 0 radical (unpaired) electrons. The van der Waals surface area contributed by atoms with Gasteiger partial charge in [0.1, 0.15) is 11.9 Å². The number of anilines is 1. The van der Waals surface area contributed by atoms with Gasteiger partial charge in [0.2, 0.25) is 0 Å². The summed E-state index contributed by atoms with van der Waals surface area (Å²) >= 11 is 0. The monoisotopic (exact) mass is 175 g/mol. The minimum absolute atomic E-state index is 0.469. The van der Waals surface area contributed by atoms with Gasteiger partial charge in [-0.1, -0.05) is 12.1 Å². The van der Waals surface area contributed by atoms with E-state index in [1.807, 2.05) is 6.07 Å². The highest BCUT2D eigenvalue weighted by atomic mass is 16.5. The first-order chi connectivity index (χ1) is 6.34. The molecule has 1 saturated carbocycles. The summed E-state index contributed by atoms with van der Waals surface area (Å²) in [4.78, 5) is 2.35. The van der Waals surface area contributed by atoms with Crippen molar-refractivity contribution in [1.82, 2.24) is 0 Å². The molecule has 0 amide bonds. The molecule has 0 N–H and O–H groups in total. The maximum atomic E-state index is 5.85. The lowest BCUT2D eigenvalue weighted by atomic mass is 9.88. The fourth-order valence-corrected chi connectivity index (χ4v) is 2.17. The Kier molecular flexibility index (Phi) is 1.34. The summed E-state index contributed by atoms with van der Waals surface area (Å²) < 4.78 is 5.85. The van der Waals surface area contributed by atoms with Crippen molar-refractivity contribution < 1.29 is 4.74 Å². The number of hydrogen-bond acceptors (Lipinski definition) is 2. The molecule has 2 bridgehead atoms. The van der Waals surface area contributed by atoms with E-state index >= 15 is 0 Å². The average molecular weight is 175 g/mol. The van der Waals surface area contributed by atoms with Crippen molar-refractivity contribution in [3.05, 3.63) is 24.3 Å². The third-order valence-corrected chi connectivity index (χ3v) is 3.16. The van der Waals surface area contributed by atoms with Gasteiger partial charge in [0, 0.05) is 25.9 Å². The first-order valence-electron chi connectivity index (χ1n) is 4.83. The number of nitrogens with zero attached hydrogens (tertiary/aromatic N) is 1. The lowest BCUT2D eigenvalue weighted by Gasteiger charge is -2.37. The molecule has 1 aromatic rings. The van der Waals surface area contributed by atoms with Crippen LogP contribution in [0.5, 0.6) is 5.75 Å². The van der Waals surface area contributed by atoms with Crippen LogP contribution in [-0.4, -0.2) is 19.2 Å². The number of rotatable bonds is 0. The van der Waals surface area contributed by atoms with Crippen molar-refractivity contribution in [2.75, 3.05) is 11.9 Å². The van der Waals surface area contributed by atoms with E-state index in [2.05, 4.69) is 30.1 Å². The summed E-state index contributed by atoms with van der Waals surface area (Å²) in [6.07, 6.45) is 2.84. The van der Waals surface area contributed by atoms with Crippen LogP contribution in [0.1, 0.15) is 12.8 Å². The van der Waals surface area contributed by atoms with Crippen LogP contribution < -0.4 is 9.64 Å². The van der Waals surface area contributed by atoms with Crippen LogP contribution in [0, 0.1) is 0 Å². The highest BCUT2D eigenvalue weighted by molar-refractivity contribution is 5.60. The zero-order valence-corrected chi connectivity index (χ0v) is 7.73. The van der Waals surface area contributed by atoms with Crippen LogP contribution >= 0.6 is 0 Å². The van der Waals surface area contributed by atoms with Crippen molar-refractivity contribution in [2.45, 2.75) is 25.0 Å². The van der Waals surface area contributed by atoms with Crippen LogP contribution in [0.2, 0.25) is 0 Å². The van der Waals surface area contributed by atoms with E-state index in [0.29, 0.717) is 12.1 Å². The Labute approximate surface area is 78.1 Å². The molecule has 1 fully saturated rings. The molecule has 3 aliphatic rings. The zero-order chi connectivity index (χ0) is 8.84. The van der Waals surface area contributed by atoms with Crippen LogP contribution in [0.3, 0.4) is 0 Å². The standard InChI is InChI=1S/C11H13NO/c1-12-8-6-9(7-8)13-11-5-3-2-4-10(11)12/h2-5,8-9H,6-7H2,1H3. The molecule has 0 saturated heterocycles. The van der Waals surface area contributed by atoms with Crippen LogP contribution in [0.15, 0.2) is 24.3 Å². The van der Waals surface area contributed by atoms with Crippen LogP contribution in [-0.2, 0) is 0 Å². The second-order valence-corrected chi connectivity index (χ2v) is 3.94. The van der Waals surface area contributed by atoms with E-state index in [1.54, 1.807) is 0 Å². The summed E-state index contributed by atoms with van der Waals surface area (Å²) in [6, 6.07) is 9.01. The van der Waals surface area contributed by atoms with Crippen LogP contribution in [0.25, 0.3) is 0 Å². The number of ether oxygens (including phenoxy) is 1. The Hall–Kier alpha value is -1.18. The predicted octanol–water partition coefficient (Wildman–Crippen LogP) is 2.05. The topological polar surface area (TPSA) is 12.5 Å². The highest BCUT2D eigenvalue weighted by Gasteiger charge is 2.37. The van der Waals surface area contributed by atoms with Gasteiger partial charge in [0.05, 0.1) is 5.69 Å². The van der Waals surface area contributed by atoms with E-state index < -0.39 is 0 Å². The van der Waals surface area contributed by atoms with Gasteiger partial charge >= 0.3 is 0 Å². The molecular weight excluding hydrogens is 162 g/mol. The Bertz CT molecular complexity index is 331. The number of hydrogen-bond donors (Lipinski definition) is 0. The molecule has 13 heavy (non-hydrogen) atoms. The van der Waals surface area contributed by atoms with Crippen molar-refractivity contribution in [3.8, 4) is 5.75 Å². The summed E-state index contributed by atoms with van der Waals surface area (Å²) in [5.41, 5.74) is 1.24. The molecule has 4 rings (SSSR count). The highest BCUT2D eigenvalue weighted by Crippen LogP contribution is 2.41. The van der Waals surface area contributed by atoms with Gasteiger partial charge in [-0.15, -0.1) is 0 Å². The van der Waals surface area contributed by atoms with Gasteiger partial charge in [-0.05, 0) is 12.1 Å². The first kappa shape index (κ1) is 7.25. The molecular formula is C11H13NO. The fraction of sp³-hybridized carbons (Fsp3) is 0.455. The first-order valence-corrected chi connectivity index (χ1v) is 4.83. The van der Waals surface area contributed by atoms with E-state index in [9.17, 15) is 0 Å². The average Bonchev–Trinajstić information content (AvgIpc) is 2.30. The third kappa shape index (κ3) is 0.947. The molecule has 2 nitrogen and oxygen atoms in total. The molecule has 0 atom stereocenters. The minimum atomic E-state index is 0.469. The van der Waals surface area contributed by atoms with Crippen LogP contribution in [0.4, 0.5) is 5.69 Å². The quantitative estimate of drug-likeness (QED) is 0.598. The van der Waals surface area contributed by atoms with Gasteiger partial charge in [-0.25, -0.2) is 0 Å². The maximum Gasteiger partial charge on any atom is 0.143 e. The van der Waals surface area contributed by atoms with Crippen molar-refractivity contribution in [3.63, 3.8) is 0 Å². The molecule has 1 aromatic carbocycles. The van der Waals surface area contributed by atoms with Gasteiger partial charge < -0.3 is 9.64 Å². The summed E-state index contributed by atoms with van der Waals surface area (Å²) in [6.45, 7) is 0. The van der Waals surface area contributed by atoms with Gasteiger partial charge in [-0.3, -0.25) is 0 Å². The SMILES string of the molecule is CN1c2ccccc2OC2CC1C2. The smallest absolute Gasteiger partial charge is 0.143 e. The molecule has 0 spiro atoms. The predicted molar refractivity (Wildman–Crippen MR) is 52.3 cm³/mol. The lowest BCUT2D eigenvalue weighted by molar-refractivity contribution is 0.111. The second kappa shape index (κ2) is 2.41. The van der Waals surface area contributed by atoms with Crippen molar-refractivity contribution in [2.24, 2.45) is 0 Å². The maximum absolute atomic E-state index is 5.85. The normalized spacial score (nSPS) is 29.8. The van der Waals surface area contributed by atoms with Gasteiger partial charge in [-0.2, -0.15) is 0 Å². The molecule has 2 heteroatoms. The Morgan fingerprint density at radius 1 is 1.31 bits per heavy atom. The molecule has 1 aliphatic carbocycles. The number of benzene rings is 1. The third-order valence-electron chi connectivity index (χ3n) is 3.16. The molecule has 0 aromatic heterocycles. The van der Waals surface area contributed by atoms with E-state index in [1.165, 1.54) is 18.5 Å². The molecule has 2 heterocycles. The minimum Gasteiger partial charge on any atom is -0.488 e. The Balaban J connectivity index is 2.09. The summed E-state index contributed by atoms with van der Waals surface area (Å²) in [5.74, 6) is 1.05. The van der Waals surface area contributed by atoms with Crippen molar-refractivity contribution >= 4 is 5.69 Å². The lowest BCUT2D eigenvalue weighted by Crippen LogP contribution is -2.45. The molecule has 68 valence electrons. The van der Waals surface area contributed by atoms with E-state index in [-0.39, 0.29) is 0 Å². The van der Waals surface area contributed by atoms with Gasteiger partial charge in [0.25, 0.3) is 0 Å². The van der Waals surface area contributed by atoms with E-state index in [0.717, 1.165) is 5.75 Å². The Morgan fingerprint density at radius 3 is 2.92 bits per heavy atom. The molecule has 0 unspecified atom stereocenters. The van der Waals surface area contributed by atoms with Gasteiger partial charge in [0.15, 0.2) is 0 Å². The summed E-state index contributed by atoms with van der Waals surface area (Å²) in [5, 5.41) is 0. The molecule has 2 aliphatic heterocycles. The number of para-hydroxylation sites is 2.